The summed E-state index contributed by atoms with van der Waals surface area (Å²) in [6.07, 6.45) is 3.58. The lowest BCUT2D eigenvalue weighted by atomic mass is 10.1. The van der Waals surface area contributed by atoms with Crippen molar-refractivity contribution in [1.29, 1.82) is 0 Å². The van der Waals surface area contributed by atoms with Gasteiger partial charge in [-0.05, 0) is 44.0 Å². The molecule has 1 aliphatic heterocycles. The number of benzene rings is 1. The Morgan fingerprint density at radius 1 is 1.41 bits per heavy atom. The van der Waals surface area contributed by atoms with Gasteiger partial charge >= 0.3 is 0 Å². The van der Waals surface area contributed by atoms with Gasteiger partial charge in [0, 0.05) is 6.54 Å². The summed E-state index contributed by atoms with van der Waals surface area (Å²) in [6, 6.07) is 7.15. The summed E-state index contributed by atoms with van der Waals surface area (Å²) in [5.74, 6) is 0.496. The third-order valence-electron chi connectivity index (χ3n) is 4.08. The predicted octanol–water partition coefficient (Wildman–Crippen LogP) is 0.512. The Morgan fingerprint density at radius 3 is 3.09 bits per heavy atom. The molecule has 1 aromatic carbocycles. The number of para-hydroxylation sites is 1. The van der Waals surface area contributed by atoms with Crippen LogP contribution in [0, 0.1) is 5.92 Å². The van der Waals surface area contributed by atoms with Crippen molar-refractivity contribution >= 4 is 16.8 Å². The van der Waals surface area contributed by atoms with E-state index in [-0.39, 0.29) is 18.0 Å². The van der Waals surface area contributed by atoms with E-state index in [1.54, 1.807) is 18.2 Å². The van der Waals surface area contributed by atoms with Gasteiger partial charge in [-0.1, -0.05) is 12.1 Å². The van der Waals surface area contributed by atoms with Gasteiger partial charge in [-0.3, -0.25) is 14.2 Å². The maximum absolute atomic E-state index is 12.3. The topological polar surface area (TPSA) is 76.0 Å². The molecule has 0 bridgehead atoms. The van der Waals surface area contributed by atoms with E-state index in [1.165, 1.54) is 17.3 Å². The van der Waals surface area contributed by atoms with Gasteiger partial charge in [0.25, 0.3) is 5.56 Å². The molecule has 3 rings (SSSR count). The molecule has 0 spiro atoms. The van der Waals surface area contributed by atoms with Crippen LogP contribution in [0.15, 0.2) is 35.4 Å². The summed E-state index contributed by atoms with van der Waals surface area (Å²) in [5.41, 5.74) is 0.471. The Kier molecular flexibility index (Phi) is 4.48. The number of nitrogens with one attached hydrogen (secondary N) is 2. The second kappa shape index (κ2) is 6.70. The second-order valence-corrected chi connectivity index (χ2v) is 5.69. The zero-order valence-corrected chi connectivity index (χ0v) is 12.4. The van der Waals surface area contributed by atoms with Crippen LogP contribution < -0.4 is 16.2 Å². The summed E-state index contributed by atoms with van der Waals surface area (Å²) in [7, 11) is 0. The predicted molar refractivity (Wildman–Crippen MR) is 84.6 cm³/mol. The van der Waals surface area contributed by atoms with E-state index in [9.17, 15) is 9.59 Å². The maximum Gasteiger partial charge on any atom is 0.261 e. The van der Waals surface area contributed by atoms with Crippen molar-refractivity contribution in [3.63, 3.8) is 0 Å². The van der Waals surface area contributed by atoms with Crippen LogP contribution >= 0.6 is 0 Å². The summed E-state index contributed by atoms with van der Waals surface area (Å²) in [4.78, 5) is 28.5. The molecule has 1 aromatic heterocycles. The minimum atomic E-state index is -0.180. The number of rotatable bonds is 5. The van der Waals surface area contributed by atoms with Gasteiger partial charge in [0.15, 0.2) is 0 Å². The van der Waals surface area contributed by atoms with Gasteiger partial charge < -0.3 is 10.6 Å². The molecule has 6 nitrogen and oxygen atoms in total. The molecule has 0 saturated carbocycles. The summed E-state index contributed by atoms with van der Waals surface area (Å²) in [6.45, 7) is 2.77. The van der Waals surface area contributed by atoms with Crippen LogP contribution in [-0.4, -0.2) is 35.1 Å². The van der Waals surface area contributed by atoms with Crippen molar-refractivity contribution in [2.75, 3.05) is 19.6 Å². The number of hydrogen-bond donors (Lipinski definition) is 2. The zero-order chi connectivity index (χ0) is 15.4. The normalized spacial score (nSPS) is 17.7. The Morgan fingerprint density at radius 2 is 2.27 bits per heavy atom. The van der Waals surface area contributed by atoms with E-state index in [0.29, 0.717) is 23.4 Å². The number of nitrogens with zero attached hydrogens (tertiary/aromatic N) is 2. The summed E-state index contributed by atoms with van der Waals surface area (Å²) < 4.78 is 1.36. The monoisotopic (exact) mass is 300 g/mol. The minimum absolute atomic E-state index is 0.0135. The number of hydrogen-bond acceptors (Lipinski definition) is 4. The molecule has 1 aliphatic rings. The molecule has 1 saturated heterocycles. The Labute approximate surface area is 128 Å². The average Bonchev–Trinajstić information content (AvgIpc) is 3.04. The number of carbonyl (C=O) groups excluding carboxylic acids is 1. The van der Waals surface area contributed by atoms with E-state index in [4.69, 9.17) is 0 Å². The smallest absolute Gasteiger partial charge is 0.261 e. The first-order valence-corrected chi connectivity index (χ1v) is 7.65. The van der Waals surface area contributed by atoms with Crippen LogP contribution in [-0.2, 0) is 11.3 Å². The lowest BCUT2D eigenvalue weighted by Gasteiger charge is -2.10. The molecule has 1 unspecified atom stereocenters. The SMILES string of the molecule is O=C(Cn1cnc2ccccc2c1=O)NCCC1CCNC1. The van der Waals surface area contributed by atoms with Crippen molar-refractivity contribution in [2.24, 2.45) is 5.92 Å². The minimum Gasteiger partial charge on any atom is -0.355 e. The van der Waals surface area contributed by atoms with Gasteiger partial charge in [0.2, 0.25) is 5.91 Å². The lowest BCUT2D eigenvalue weighted by Crippen LogP contribution is -2.33. The third-order valence-corrected chi connectivity index (χ3v) is 4.08. The average molecular weight is 300 g/mol. The molecule has 1 fully saturated rings. The van der Waals surface area contributed by atoms with E-state index >= 15 is 0 Å². The van der Waals surface area contributed by atoms with E-state index in [2.05, 4.69) is 15.6 Å². The Balaban J connectivity index is 1.59. The number of fused-ring (bicyclic) bond motifs is 1. The zero-order valence-electron chi connectivity index (χ0n) is 12.4. The highest BCUT2D eigenvalue weighted by Crippen LogP contribution is 2.10. The molecule has 116 valence electrons. The largest absolute Gasteiger partial charge is 0.355 e. The highest BCUT2D eigenvalue weighted by atomic mass is 16.2. The molecule has 0 radical (unpaired) electrons. The fourth-order valence-corrected chi connectivity index (χ4v) is 2.81. The molecule has 2 heterocycles. The molecule has 2 aromatic rings. The molecule has 1 atom stereocenters. The van der Waals surface area contributed by atoms with Crippen molar-refractivity contribution in [1.82, 2.24) is 20.2 Å². The Bertz CT molecular complexity index is 719. The first-order chi connectivity index (χ1) is 10.7. The van der Waals surface area contributed by atoms with E-state index in [1.807, 2.05) is 6.07 Å². The fourth-order valence-electron chi connectivity index (χ4n) is 2.81. The first kappa shape index (κ1) is 14.7. The quantitative estimate of drug-likeness (QED) is 0.844. The lowest BCUT2D eigenvalue weighted by molar-refractivity contribution is -0.121. The highest BCUT2D eigenvalue weighted by molar-refractivity contribution is 5.78. The van der Waals surface area contributed by atoms with Crippen molar-refractivity contribution in [2.45, 2.75) is 19.4 Å². The second-order valence-electron chi connectivity index (χ2n) is 5.69. The van der Waals surface area contributed by atoms with Gasteiger partial charge in [-0.15, -0.1) is 0 Å². The first-order valence-electron chi connectivity index (χ1n) is 7.65. The van der Waals surface area contributed by atoms with Crippen molar-refractivity contribution < 1.29 is 4.79 Å². The van der Waals surface area contributed by atoms with E-state index in [0.717, 1.165) is 19.5 Å². The number of aromatic nitrogens is 2. The molecule has 1 amide bonds. The van der Waals surface area contributed by atoms with Crippen molar-refractivity contribution in [3.8, 4) is 0 Å². The van der Waals surface area contributed by atoms with Crippen LogP contribution in [0.3, 0.4) is 0 Å². The molecular weight excluding hydrogens is 280 g/mol. The number of carbonyl (C=O) groups is 1. The van der Waals surface area contributed by atoms with Crippen LogP contribution in [0.1, 0.15) is 12.8 Å². The van der Waals surface area contributed by atoms with Crippen LogP contribution in [0.25, 0.3) is 10.9 Å². The summed E-state index contributed by atoms with van der Waals surface area (Å²) >= 11 is 0. The van der Waals surface area contributed by atoms with Gasteiger partial charge in [0.1, 0.15) is 6.54 Å². The molecule has 22 heavy (non-hydrogen) atoms. The van der Waals surface area contributed by atoms with Gasteiger partial charge in [-0.25, -0.2) is 4.98 Å². The van der Waals surface area contributed by atoms with Crippen LogP contribution in [0.4, 0.5) is 0 Å². The van der Waals surface area contributed by atoms with Crippen molar-refractivity contribution in [3.05, 3.63) is 40.9 Å². The molecule has 2 N–H and O–H groups in total. The molecule has 6 heteroatoms. The van der Waals surface area contributed by atoms with Gasteiger partial charge in [-0.2, -0.15) is 0 Å². The Hall–Kier alpha value is -2.21. The van der Waals surface area contributed by atoms with Gasteiger partial charge in [0.05, 0.1) is 17.2 Å². The summed E-state index contributed by atoms with van der Waals surface area (Å²) in [5, 5.41) is 6.72. The highest BCUT2D eigenvalue weighted by Gasteiger charge is 2.14. The van der Waals surface area contributed by atoms with E-state index < -0.39 is 0 Å². The molecule has 0 aliphatic carbocycles. The van der Waals surface area contributed by atoms with Crippen LogP contribution in [0.5, 0.6) is 0 Å². The third kappa shape index (κ3) is 3.33. The molecular formula is C16H20N4O2. The standard InChI is InChI=1S/C16H20N4O2/c21-15(18-8-6-12-5-7-17-9-12)10-20-11-19-14-4-2-1-3-13(14)16(20)22/h1-4,11-12,17H,5-10H2,(H,18,21). The maximum atomic E-state index is 12.3. The fraction of sp³-hybridized carbons (Fsp3) is 0.438. The number of amides is 1. The van der Waals surface area contributed by atoms with Crippen LogP contribution in [0.2, 0.25) is 0 Å².